The van der Waals surface area contributed by atoms with Crippen molar-refractivity contribution in [1.82, 2.24) is 4.90 Å². The van der Waals surface area contributed by atoms with Gasteiger partial charge in [0.2, 0.25) is 5.91 Å². The molecule has 0 saturated carbocycles. The first-order valence-corrected chi connectivity index (χ1v) is 6.89. The molecule has 0 aliphatic carbocycles. The Bertz CT molecular complexity index is 213. The van der Waals surface area contributed by atoms with Crippen molar-refractivity contribution < 1.29 is 4.79 Å². The van der Waals surface area contributed by atoms with Gasteiger partial charge in [-0.2, -0.15) is 0 Å². The second-order valence-electron chi connectivity index (χ2n) is 5.88. The van der Waals surface area contributed by atoms with Crippen molar-refractivity contribution in [1.29, 1.82) is 0 Å². The zero-order chi connectivity index (χ0) is 13.5. The number of carbonyl (C=O) groups excluding carboxylic acids is 1. The number of rotatable bonds is 7. The van der Waals surface area contributed by atoms with Gasteiger partial charge in [-0.25, -0.2) is 0 Å². The van der Waals surface area contributed by atoms with Gasteiger partial charge in [-0.05, 0) is 18.3 Å². The molecule has 0 heterocycles. The Labute approximate surface area is 107 Å². The lowest BCUT2D eigenvalue weighted by Gasteiger charge is -2.32. The van der Waals surface area contributed by atoms with Gasteiger partial charge in [0.15, 0.2) is 0 Å². The highest BCUT2D eigenvalue weighted by molar-refractivity contribution is 5.82. The number of amides is 1. The zero-order valence-electron chi connectivity index (χ0n) is 12.3. The standard InChI is InChI=1S/C14H30N2O/c1-6-8-10-16(11-9-7-2)13(17)12(15)14(3,4)5/h12H,6-11,15H2,1-5H3. The van der Waals surface area contributed by atoms with Crippen molar-refractivity contribution in [2.45, 2.75) is 66.3 Å². The van der Waals surface area contributed by atoms with Gasteiger partial charge in [-0.1, -0.05) is 47.5 Å². The maximum Gasteiger partial charge on any atom is 0.240 e. The van der Waals surface area contributed by atoms with Crippen LogP contribution in [0.4, 0.5) is 0 Å². The molecule has 2 N–H and O–H groups in total. The van der Waals surface area contributed by atoms with Crippen LogP contribution in [-0.4, -0.2) is 29.9 Å². The minimum atomic E-state index is -0.392. The lowest BCUT2D eigenvalue weighted by atomic mass is 9.86. The molecule has 0 aliphatic heterocycles. The van der Waals surface area contributed by atoms with Crippen LogP contribution in [0.15, 0.2) is 0 Å². The minimum Gasteiger partial charge on any atom is -0.341 e. The second-order valence-corrected chi connectivity index (χ2v) is 5.88. The van der Waals surface area contributed by atoms with Gasteiger partial charge >= 0.3 is 0 Å². The van der Waals surface area contributed by atoms with Crippen LogP contribution < -0.4 is 5.73 Å². The molecule has 0 aromatic rings. The van der Waals surface area contributed by atoms with Crippen LogP contribution in [-0.2, 0) is 4.79 Å². The first kappa shape index (κ1) is 16.4. The van der Waals surface area contributed by atoms with Gasteiger partial charge in [0.25, 0.3) is 0 Å². The summed E-state index contributed by atoms with van der Waals surface area (Å²) in [5.41, 5.74) is 5.89. The molecule has 17 heavy (non-hydrogen) atoms. The fourth-order valence-electron chi connectivity index (χ4n) is 1.60. The number of hydrogen-bond donors (Lipinski definition) is 1. The fraction of sp³-hybridized carbons (Fsp3) is 0.929. The molecule has 1 unspecified atom stereocenters. The van der Waals surface area contributed by atoms with Crippen LogP contribution in [0.5, 0.6) is 0 Å². The third-order valence-electron chi connectivity index (χ3n) is 3.07. The van der Waals surface area contributed by atoms with Gasteiger partial charge < -0.3 is 10.6 Å². The van der Waals surface area contributed by atoms with Crippen molar-refractivity contribution in [2.24, 2.45) is 11.1 Å². The molecule has 0 aromatic heterocycles. The fourth-order valence-corrected chi connectivity index (χ4v) is 1.60. The van der Waals surface area contributed by atoms with Gasteiger partial charge in [0.1, 0.15) is 0 Å². The van der Waals surface area contributed by atoms with E-state index in [0.717, 1.165) is 38.8 Å². The molecule has 3 nitrogen and oxygen atoms in total. The number of hydrogen-bond acceptors (Lipinski definition) is 2. The van der Waals surface area contributed by atoms with E-state index in [1.165, 1.54) is 0 Å². The molecule has 0 fully saturated rings. The molecular weight excluding hydrogens is 212 g/mol. The Balaban J connectivity index is 4.50. The van der Waals surface area contributed by atoms with Crippen LogP contribution in [0.3, 0.4) is 0 Å². The normalized spacial score (nSPS) is 13.5. The summed E-state index contributed by atoms with van der Waals surface area (Å²) in [6.45, 7) is 12.0. The van der Waals surface area contributed by atoms with E-state index in [-0.39, 0.29) is 11.3 Å². The van der Waals surface area contributed by atoms with E-state index in [1.807, 2.05) is 25.7 Å². The van der Waals surface area contributed by atoms with Gasteiger partial charge in [-0.15, -0.1) is 0 Å². The molecule has 0 radical (unpaired) electrons. The molecule has 0 rings (SSSR count). The molecular formula is C14H30N2O. The summed E-state index contributed by atoms with van der Waals surface area (Å²) in [4.78, 5) is 14.2. The van der Waals surface area contributed by atoms with Crippen molar-refractivity contribution in [3.8, 4) is 0 Å². The minimum absolute atomic E-state index is 0.111. The van der Waals surface area contributed by atoms with E-state index in [4.69, 9.17) is 5.73 Å². The Kier molecular flexibility index (Phi) is 7.44. The van der Waals surface area contributed by atoms with Crippen LogP contribution in [0.25, 0.3) is 0 Å². The Morgan fingerprint density at radius 3 is 1.82 bits per heavy atom. The van der Waals surface area contributed by atoms with E-state index in [2.05, 4.69) is 13.8 Å². The molecule has 0 bridgehead atoms. The van der Waals surface area contributed by atoms with Gasteiger partial charge in [0.05, 0.1) is 6.04 Å². The molecule has 3 heteroatoms. The predicted octanol–water partition coefficient (Wildman–Crippen LogP) is 2.79. The van der Waals surface area contributed by atoms with Crippen molar-refractivity contribution in [3.63, 3.8) is 0 Å². The Morgan fingerprint density at radius 2 is 1.53 bits per heavy atom. The number of carbonyl (C=O) groups is 1. The van der Waals surface area contributed by atoms with Crippen molar-refractivity contribution >= 4 is 5.91 Å². The zero-order valence-corrected chi connectivity index (χ0v) is 12.3. The third-order valence-corrected chi connectivity index (χ3v) is 3.07. The van der Waals surface area contributed by atoms with E-state index in [0.29, 0.717) is 0 Å². The highest BCUT2D eigenvalue weighted by atomic mass is 16.2. The van der Waals surface area contributed by atoms with E-state index < -0.39 is 6.04 Å². The van der Waals surface area contributed by atoms with Crippen LogP contribution in [0, 0.1) is 5.41 Å². The highest BCUT2D eigenvalue weighted by Gasteiger charge is 2.30. The Hall–Kier alpha value is -0.570. The average molecular weight is 242 g/mol. The van der Waals surface area contributed by atoms with E-state index in [1.54, 1.807) is 0 Å². The molecule has 102 valence electrons. The molecule has 0 aliphatic rings. The maximum absolute atomic E-state index is 12.3. The van der Waals surface area contributed by atoms with Crippen LogP contribution >= 0.6 is 0 Å². The molecule has 1 atom stereocenters. The topological polar surface area (TPSA) is 46.3 Å². The Morgan fingerprint density at radius 1 is 1.12 bits per heavy atom. The highest BCUT2D eigenvalue weighted by Crippen LogP contribution is 2.19. The summed E-state index contributed by atoms with van der Waals surface area (Å²) in [6.07, 6.45) is 4.35. The second kappa shape index (κ2) is 7.70. The van der Waals surface area contributed by atoms with Gasteiger partial charge in [0, 0.05) is 13.1 Å². The predicted molar refractivity (Wildman–Crippen MR) is 73.8 cm³/mol. The summed E-state index contributed by atoms with van der Waals surface area (Å²) in [5, 5.41) is 0. The molecule has 0 aromatic carbocycles. The summed E-state index contributed by atoms with van der Waals surface area (Å²) in [6, 6.07) is -0.392. The summed E-state index contributed by atoms with van der Waals surface area (Å²) in [7, 11) is 0. The SMILES string of the molecule is CCCCN(CCCC)C(=O)C(N)C(C)(C)C. The lowest BCUT2D eigenvalue weighted by molar-refractivity contribution is -0.135. The van der Waals surface area contributed by atoms with Crippen LogP contribution in [0.1, 0.15) is 60.3 Å². The quantitative estimate of drug-likeness (QED) is 0.746. The van der Waals surface area contributed by atoms with E-state index >= 15 is 0 Å². The monoisotopic (exact) mass is 242 g/mol. The number of nitrogens with zero attached hydrogens (tertiary/aromatic N) is 1. The lowest BCUT2D eigenvalue weighted by Crippen LogP contribution is -2.50. The smallest absolute Gasteiger partial charge is 0.240 e. The van der Waals surface area contributed by atoms with Crippen molar-refractivity contribution in [2.75, 3.05) is 13.1 Å². The average Bonchev–Trinajstić information content (AvgIpc) is 2.26. The first-order chi connectivity index (χ1) is 7.84. The van der Waals surface area contributed by atoms with Gasteiger partial charge in [-0.3, -0.25) is 4.79 Å². The third kappa shape index (κ3) is 6.06. The summed E-state index contributed by atoms with van der Waals surface area (Å²) < 4.78 is 0. The molecule has 0 saturated heterocycles. The summed E-state index contributed by atoms with van der Waals surface area (Å²) >= 11 is 0. The number of nitrogens with two attached hydrogens (primary N) is 1. The largest absolute Gasteiger partial charge is 0.341 e. The molecule has 0 spiro atoms. The molecule has 1 amide bonds. The number of unbranched alkanes of at least 4 members (excludes halogenated alkanes) is 2. The maximum atomic E-state index is 12.3. The first-order valence-electron chi connectivity index (χ1n) is 6.89. The van der Waals surface area contributed by atoms with Crippen LogP contribution in [0.2, 0.25) is 0 Å². The van der Waals surface area contributed by atoms with Crippen molar-refractivity contribution in [3.05, 3.63) is 0 Å². The summed E-state index contributed by atoms with van der Waals surface area (Å²) in [5.74, 6) is 0.111. The van der Waals surface area contributed by atoms with E-state index in [9.17, 15) is 4.79 Å².